The molecule has 3 nitrogen and oxygen atoms in total. The van der Waals surface area contributed by atoms with Gasteiger partial charge < -0.3 is 10.2 Å². The Morgan fingerprint density at radius 2 is 2.17 bits per heavy atom. The lowest BCUT2D eigenvalue weighted by Crippen LogP contribution is -2.45. The molecule has 0 aromatic carbocycles. The first-order valence-electron chi connectivity index (χ1n) is 7.73. The van der Waals surface area contributed by atoms with E-state index in [1.54, 1.807) is 0 Å². The second-order valence-corrected chi connectivity index (χ2v) is 6.03. The molecule has 2 saturated heterocycles. The Balaban J connectivity index is 1.98. The van der Waals surface area contributed by atoms with Gasteiger partial charge in [0.2, 0.25) is 5.91 Å². The first kappa shape index (κ1) is 13.9. The van der Waals surface area contributed by atoms with Gasteiger partial charge in [0.25, 0.3) is 0 Å². The van der Waals surface area contributed by atoms with Crippen LogP contribution < -0.4 is 5.32 Å². The summed E-state index contributed by atoms with van der Waals surface area (Å²) < 4.78 is 0. The number of nitrogens with zero attached hydrogens (tertiary/aromatic N) is 1. The summed E-state index contributed by atoms with van der Waals surface area (Å²) in [6, 6.07) is 1.48. The SMILES string of the molecule is CCCCN(C(=O)C1CC2CCC1N2)C(C)CC. The Morgan fingerprint density at radius 1 is 1.39 bits per heavy atom. The average molecular weight is 252 g/mol. The first-order chi connectivity index (χ1) is 8.67. The highest BCUT2D eigenvalue weighted by Gasteiger charge is 2.44. The third-order valence-corrected chi connectivity index (χ3v) is 4.78. The highest BCUT2D eigenvalue weighted by Crippen LogP contribution is 2.34. The summed E-state index contributed by atoms with van der Waals surface area (Å²) in [6.07, 6.45) is 6.89. The van der Waals surface area contributed by atoms with Crippen LogP contribution in [-0.4, -0.2) is 35.5 Å². The second kappa shape index (κ2) is 6.05. The van der Waals surface area contributed by atoms with Crippen molar-refractivity contribution >= 4 is 5.91 Å². The van der Waals surface area contributed by atoms with Crippen LogP contribution in [0.25, 0.3) is 0 Å². The molecule has 2 fully saturated rings. The number of carbonyl (C=O) groups is 1. The Hall–Kier alpha value is -0.570. The monoisotopic (exact) mass is 252 g/mol. The average Bonchev–Trinajstić information content (AvgIpc) is 3.00. The predicted molar refractivity (Wildman–Crippen MR) is 74.4 cm³/mol. The van der Waals surface area contributed by atoms with Gasteiger partial charge in [0.15, 0.2) is 0 Å². The van der Waals surface area contributed by atoms with Crippen LogP contribution in [0.2, 0.25) is 0 Å². The van der Waals surface area contributed by atoms with Gasteiger partial charge in [-0.2, -0.15) is 0 Å². The number of unbranched alkanes of at least 4 members (excludes halogenated alkanes) is 1. The summed E-state index contributed by atoms with van der Waals surface area (Å²) in [7, 11) is 0. The van der Waals surface area contributed by atoms with E-state index < -0.39 is 0 Å². The third-order valence-electron chi connectivity index (χ3n) is 4.78. The fourth-order valence-corrected chi connectivity index (χ4v) is 3.41. The van der Waals surface area contributed by atoms with Crippen molar-refractivity contribution in [1.29, 1.82) is 0 Å². The van der Waals surface area contributed by atoms with Gasteiger partial charge in [-0.15, -0.1) is 0 Å². The number of nitrogens with one attached hydrogen (secondary N) is 1. The summed E-state index contributed by atoms with van der Waals surface area (Å²) in [5.41, 5.74) is 0. The van der Waals surface area contributed by atoms with E-state index in [1.165, 1.54) is 12.8 Å². The van der Waals surface area contributed by atoms with Gasteiger partial charge in [0, 0.05) is 24.7 Å². The van der Waals surface area contributed by atoms with Crippen LogP contribution in [0.4, 0.5) is 0 Å². The molecule has 2 bridgehead atoms. The van der Waals surface area contributed by atoms with Crippen molar-refractivity contribution in [2.75, 3.05) is 6.54 Å². The van der Waals surface area contributed by atoms with Gasteiger partial charge in [0.05, 0.1) is 5.92 Å². The van der Waals surface area contributed by atoms with Crippen molar-refractivity contribution in [1.82, 2.24) is 10.2 Å². The molecule has 0 radical (unpaired) electrons. The normalized spacial score (nSPS) is 31.6. The van der Waals surface area contributed by atoms with E-state index in [4.69, 9.17) is 0 Å². The maximum absolute atomic E-state index is 12.7. The van der Waals surface area contributed by atoms with Crippen molar-refractivity contribution in [2.45, 2.75) is 77.4 Å². The van der Waals surface area contributed by atoms with Crippen molar-refractivity contribution in [2.24, 2.45) is 5.92 Å². The molecule has 2 heterocycles. The Kier molecular flexibility index (Phi) is 4.66. The largest absolute Gasteiger partial charge is 0.340 e. The van der Waals surface area contributed by atoms with Crippen LogP contribution >= 0.6 is 0 Å². The molecule has 3 heteroatoms. The van der Waals surface area contributed by atoms with Crippen molar-refractivity contribution in [3.8, 4) is 0 Å². The molecular weight excluding hydrogens is 224 g/mol. The molecule has 1 amide bonds. The summed E-state index contributed by atoms with van der Waals surface area (Å²) in [4.78, 5) is 14.9. The van der Waals surface area contributed by atoms with Gasteiger partial charge in [-0.3, -0.25) is 4.79 Å². The third kappa shape index (κ3) is 2.71. The van der Waals surface area contributed by atoms with Gasteiger partial charge in [-0.1, -0.05) is 20.3 Å². The van der Waals surface area contributed by atoms with E-state index in [0.717, 1.165) is 32.2 Å². The zero-order chi connectivity index (χ0) is 13.1. The van der Waals surface area contributed by atoms with Crippen LogP contribution in [0, 0.1) is 5.92 Å². The zero-order valence-corrected chi connectivity index (χ0v) is 12.1. The van der Waals surface area contributed by atoms with E-state index >= 15 is 0 Å². The number of hydrogen-bond acceptors (Lipinski definition) is 2. The molecule has 4 atom stereocenters. The fourth-order valence-electron chi connectivity index (χ4n) is 3.41. The molecule has 0 aliphatic carbocycles. The van der Waals surface area contributed by atoms with Gasteiger partial charge >= 0.3 is 0 Å². The van der Waals surface area contributed by atoms with E-state index in [-0.39, 0.29) is 5.92 Å². The van der Waals surface area contributed by atoms with Gasteiger partial charge in [-0.05, 0) is 39.0 Å². The summed E-state index contributed by atoms with van der Waals surface area (Å²) in [5.74, 6) is 0.673. The minimum atomic E-state index is 0.259. The lowest BCUT2D eigenvalue weighted by molar-refractivity contribution is -0.138. The number of carbonyl (C=O) groups excluding carboxylic acids is 1. The highest BCUT2D eigenvalue weighted by atomic mass is 16.2. The van der Waals surface area contributed by atoms with Crippen LogP contribution in [0.1, 0.15) is 59.3 Å². The van der Waals surface area contributed by atoms with Crippen LogP contribution in [0.3, 0.4) is 0 Å². The molecule has 2 aliphatic rings. The molecule has 18 heavy (non-hydrogen) atoms. The van der Waals surface area contributed by atoms with Crippen LogP contribution in [-0.2, 0) is 4.79 Å². The minimum absolute atomic E-state index is 0.259. The fraction of sp³-hybridized carbons (Fsp3) is 0.933. The van der Waals surface area contributed by atoms with E-state index in [2.05, 4.69) is 31.0 Å². The topological polar surface area (TPSA) is 32.3 Å². The van der Waals surface area contributed by atoms with Gasteiger partial charge in [-0.25, -0.2) is 0 Å². The molecule has 2 rings (SSSR count). The molecule has 0 aromatic rings. The molecular formula is C15H28N2O. The van der Waals surface area contributed by atoms with Crippen LogP contribution in [0.5, 0.6) is 0 Å². The molecule has 0 spiro atoms. The number of rotatable bonds is 6. The van der Waals surface area contributed by atoms with E-state index in [1.807, 2.05) is 0 Å². The quantitative estimate of drug-likeness (QED) is 0.788. The van der Waals surface area contributed by atoms with E-state index in [0.29, 0.717) is 24.0 Å². The number of fused-ring (bicyclic) bond motifs is 2. The Labute approximate surface area is 111 Å². The van der Waals surface area contributed by atoms with Crippen molar-refractivity contribution in [3.05, 3.63) is 0 Å². The molecule has 0 aromatic heterocycles. The highest BCUT2D eigenvalue weighted by molar-refractivity contribution is 5.80. The van der Waals surface area contributed by atoms with Crippen molar-refractivity contribution in [3.63, 3.8) is 0 Å². The lowest BCUT2D eigenvalue weighted by Gasteiger charge is -2.33. The Morgan fingerprint density at radius 3 is 2.67 bits per heavy atom. The lowest BCUT2D eigenvalue weighted by atomic mass is 9.87. The first-order valence-corrected chi connectivity index (χ1v) is 7.73. The maximum Gasteiger partial charge on any atom is 0.227 e. The minimum Gasteiger partial charge on any atom is -0.340 e. The molecule has 0 saturated carbocycles. The maximum atomic E-state index is 12.7. The number of hydrogen-bond donors (Lipinski definition) is 1. The molecule has 4 unspecified atom stereocenters. The molecule has 2 aliphatic heterocycles. The number of amides is 1. The Bertz CT molecular complexity index is 292. The smallest absolute Gasteiger partial charge is 0.227 e. The zero-order valence-electron chi connectivity index (χ0n) is 12.1. The van der Waals surface area contributed by atoms with Crippen molar-refractivity contribution < 1.29 is 4.79 Å². The summed E-state index contributed by atoms with van der Waals surface area (Å²) >= 11 is 0. The summed E-state index contributed by atoms with van der Waals surface area (Å²) in [6.45, 7) is 7.50. The van der Waals surface area contributed by atoms with E-state index in [9.17, 15) is 4.79 Å². The standard InChI is InChI=1S/C15H28N2O/c1-4-6-9-17(11(3)5-2)15(18)13-10-12-7-8-14(13)16-12/h11-14,16H,4-10H2,1-3H3. The van der Waals surface area contributed by atoms with Crippen LogP contribution in [0.15, 0.2) is 0 Å². The molecule has 104 valence electrons. The molecule has 1 N–H and O–H groups in total. The predicted octanol–water partition coefficient (Wildman–Crippen LogP) is 2.55. The second-order valence-electron chi connectivity index (χ2n) is 6.03. The van der Waals surface area contributed by atoms with Gasteiger partial charge in [0.1, 0.15) is 0 Å². The summed E-state index contributed by atoms with van der Waals surface area (Å²) in [5, 5.41) is 3.58.